The van der Waals surface area contributed by atoms with E-state index in [1.54, 1.807) is 7.11 Å². The zero-order valence-electron chi connectivity index (χ0n) is 9.89. The fourth-order valence-corrected chi connectivity index (χ4v) is 2.60. The molecule has 1 aromatic carbocycles. The van der Waals surface area contributed by atoms with Crippen molar-refractivity contribution in [2.24, 2.45) is 5.92 Å². The highest BCUT2D eigenvalue weighted by Gasteiger charge is 2.32. The molecule has 3 nitrogen and oxygen atoms in total. The first-order valence-corrected chi connectivity index (χ1v) is 5.68. The number of nitrogens with zero attached hydrogens (tertiary/aromatic N) is 1. The summed E-state index contributed by atoms with van der Waals surface area (Å²) in [4.78, 5) is 2.26. The zero-order valence-corrected chi connectivity index (χ0v) is 9.89. The molecule has 2 rings (SSSR count). The molecule has 0 bridgehead atoms. The van der Waals surface area contributed by atoms with Crippen molar-refractivity contribution in [3.05, 3.63) is 29.8 Å². The van der Waals surface area contributed by atoms with E-state index in [0.717, 1.165) is 18.8 Å². The van der Waals surface area contributed by atoms with Gasteiger partial charge in [-0.3, -0.25) is 0 Å². The van der Waals surface area contributed by atoms with Crippen molar-refractivity contribution in [1.82, 2.24) is 4.90 Å². The number of likely N-dealkylation sites (N-methyl/N-ethyl adjacent to an activating group) is 1. The van der Waals surface area contributed by atoms with Crippen LogP contribution in [0.4, 0.5) is 0 Å². The maximum absolute atomic E-state index is 9.41. The van der Waals surface area contributed by atoms with Crippen LogP contribution in [0.3, 0.4) is 0 Å². The van der Waals surface area contributed by atoms with E-state index in [1.807, 2.05) is 18.2 Å². The van der Waals surface area contributed by atoms with Crippen molar-refractivity contribution in [2.75, 3.05) is 33.9 Å². The Balaban J connectivity index is 2.28. The molecule has 2 atom stereocenters. The van der Waals surface area contributed by atoms with Crippen LogP contribution < -0.4 is 4.74 Å². The van der Waals surface area contributed by atoms with Gasteiger partial charge in [0.25, 0.3) is 0 Å². The Labute approximate surface area is 96.6 Å². The number of aliphatic hydroxyl groups excluding tert-OH is 1. The Morgan fingerprint density at radius 3 is 2.81 bits per heavy atom. The molecule has 0 aromatic heterocycles. The lowest BCUT2D eigenvalue weighted by atomic mass is 9.89. The van der Waals surface area contributed by atoms with Crippen LogP contribution in [-0.4, -0.2) is 43.9 Å². The first kappa shape index (κ1) is 11.4. The second kappa shape index (κ2) is 4.85. The van der Waals surface area contributed by atoms with Crippen molar-refractivity contribution in [2.45, 2.75) is 5.92 Å². The maximum atomic E-state index is 9.41. The van der Waals surface area contributed by atoms with Gasteiger partial charge in [0.15, 0.2) is 0 Å². The molecule has 1 aliphatic rings. The minimum Gasteiger partial charge on any atom is -0.496 e. The van der Waals surface area contributed by atoms with Crippen molar-refractivity contribution >= 4 is 0 Å². The molecular weight excluding hydrogens is 202 g/mol. The molecule has 1 aliphatic heterocycles. The first-order chi connectivity index (χ1) is 7.76. The van der Waals surface area contributed by atoms with Crippen LogP contribution >= 0.6 is 0 Å². The highest BCUT2D eigenvalue weighted by Crippen LogP contribution is 2.36. The average molecular weight is 221 g/mol. The van der Waals surface area contributed by atoms with E-state index >= 15 is 0 Å². The molecule has 88 valence electrons. The van der Waals surface area contributed by atoms with Crippen LogP contribution in [0.1, 0.15) is 11.5 Å². The number of ether oxygens (including phenoxy) is 1. The summed E-state index contributed by atoms with van der Waals surface area (Å²) in [6.07, 6.45) is 0. The number of benzene rings is 1. The van der Waals surface area contributed by atoms with E-state index in [9.17, 15) is 5.11 Å². The maximum Gasteiger partial charge on any atom is 0.122 e. The summed E-state index contributed by atoms with van der Waals surface area (Å²) in [5.41, 5.74) is 1.22. The lowest BCUT2D eigenvalue weighted by Crippen LogP contribution is -2.16. The molecule has 0 unspecified atom stereocenters. The number of para-hydroxylation sites is 1. The Morgan fingerprint density at radius 2 is 2.12 bits per heavy atom. The summed E-state index contributed by atoms with van der Waals surface area (Å²) in [7, 11) is 3.80. The molecule has 0 spiro atoms. The number of hydrogen-bond acceptors (Lipinski definition) is 3. The predicted octanol–water partition coefficient (Wildman–Crippen LogP) is 1.33. The highest BCUT2D eigenvalue weighted by molar-refractivity contribution is 5.37. The Morgan fingerprint density at radius 1 is 1.38 bits per heavy atom. The van der Waals surface area contributed by atoms with Crippen molar-refractivity contribution < 1.29 is 9.84 Å². The Hall–Kier alpha value is -1.06. The van der Waals surface area contributed by atoms with Crippen molar-refractivity contribution in [1.29, 1.82) is 0 Å². The number of aliphatic hydroxyl groups is 1. The first-order valence-electron chi connectivity index (χ1n) is 5.68. The van der Waals surface area contributed by atoms with Gasteiger partial charge in [-0.1, -0.05) is 18.2 Å². The smallest absolute Gasteiger partial charge is 0.122 e. The van der Waals surface area contributed by atoms with Crippen LogP contribution in [0.25, 0.3) is 0 Å². The molecule has 1 saturated heterocycles. The van der Waals surface area contributed by atoms with E-state index < -0.39 is 0 Å². The molecule has 0 radical (unpaired) electrons. The quantitative estimate of drug-likeness (QED) is 0.836. The molecule has 0 aliphatic carbocycles. The second-order valence-corrected chi connectivity index (χ2v) is 4.51. The van der Waals surface area contributed by atoms with Crippen LogP contribution in [0, 0.1) is 5.92 Å². The summed E-state index contributed by atoms with van der Waals surface area (Å²) >= 11 is 0. The molecule has 0 saturated carbocycles. The number of methoxy groups -OCH3 is 1. The third-order valence-corrected chi connectivity index (χ3v) is 3.40. The van der Waals surface area contributed by atoms with Gasteiger partial charge in [-0.05, 0) is 18.7 Å². The van der Waals surface area contributed by atoms with Crippen molar-refractivity contribution in [3.63, 3.8) is 0 Å². The topological polar surface area (TPSA) is 32.7 Å². The Kier molecular flexibility index (Phi) is 3.46. The van der Waals surface area contributed by atoms with Gasteiger partial charge < -0.3 is 14.7 Å². The lowest BCUT2D eigenvalue weighted by Gasteiger charge is -2.19. The van der Waals surface area contributed by atoms with Gasteiger partial charge in [-0.15, -0.1) is 0 Å². The third-order valence-electron chi connectivity index (χ3n) is 3.40. The van der Waals surface area contributed by atoms with Gasteiger partial charge in [0, 0.05) is 31.5 Å². The van der Waals surface area contributed by atoms with E-state index in [-0.39, 0.29) is 6.61 Å². The minimum atomic E-state index is 0.243. The lowest BCUT2D eigenvalue weighted by molar-refractivity contribution is 0.218. The van der Waals surface area contributed by atoms with Gasteiger partial charge in [0.05, 0.1) is 7.11 Å². The van der Waals surface area contributed by atoms with E-state index in [2.05, 4.69) is 18.0 Å². The summed E-state index contributed by atoms with van der Waals surface area (Å²) < 4.78 is 5.39. The highest BCUT2D eigenvalue weighted by atomic mass is 16.5. The number of likely N-dealkylation sites (tertiary alicyclic amines) is 1. The average Bonchev–Trinajstić information content (AvgIpc) is 2.70. The zero-order chi connectivity index (χ0) is 11.5. The molecule has 16 heavy (non-hydrogen) atoms. The van der Waals surface area contributed by atoms with Gasteiger partial charge in [0.2, 0.25) is 0 Å². The minimum absolute atomic E-state index is 0.243. The summed E-state index contributed by atoms with van der Waals surface area (Å²) in [5.74, 6) is 1.63. The second-order valence-electron chi connectivity index (χ2n) is 4.51. The van der Waals surface area contributed by atoms with Gasteiger partial charge in [-0.2, -0.15) is 0 Å². The van der Waals surface area contributed by atoms with E-state index in [4.69, 9.17) is 4.74 Å². The molecule has 1 heterocycles. The molecule has 1 N–H and O–H groups in total. The monoisotopic (exact) mass is 221 g/mol. The largest absolute Gasteiger partial charge is 0.496 e. The predicted molar refractivity (Wildman–Crippen MR) is 63.8 cm³/mol. The van der Waals surface area contributed by atoms with Crippen molar-refractivity contribution in [3.8, 4) is 5.75 Å². The van der Waals surface area contributed by atoms with Gasteiger partial charge >= 0.3 is 0 Å². The SMILES string of the molecule is COc1ccccc1[C@@H]1CN(C)C[C@@H]1CO. The van der Waals surface area contributed by atoms with Crippen LogP contribution in [0.5, 0.6) is 5.75 Å². The normalized spacial score (nSPS) is 25.9. The fraction of sp³-hybridized carbons (Fsp3) is 0.538. The number of hydrogen-bond donors (Lipinski definition) is 1. The molecule has 3 heteroatoms. The third kappa shape index (κ3) is 2.06. The van der Waals surface area contributed by atoms with Gasteiger partial charge in [-0.25, -0.2) is 0 Å². The molecule has 0 amide bonds. The van der Waals surface area contributed by atoms with Crippen LogP contribution in [0.15, 0.2) is 24.3 Å². The standard InChI is InChI=1S/C13H19NO2/c1-14-7-10(9-15)12(8-14)11-5-3-4-6-13(11)16-2/h3-6,10,12,15H,7-9H2,1-2H3/t10-,12-/m1/s1. The summed E-state index contributed by atoms with van der Waals surface area (Å²) in [6, 6.07) is 8.10. The van der Waals surface area contributed by atoms with E-state index in [1.165, 1.54) is 5.56 Å². The molecular formula is C13H19NO2. The van der Waals surface area contributed by atoms with Crippen LogP contribution in [0.2, 0.25) is 0 Å². The summed E-state index contributed by atoms with van der Waals surface area (Å²) in [6.45, 7) is 2.19. The molecule has 1 aromatic rings. The Bertz CT molecular complexity index is 354. The fourth-order valence-electron chi connectivity index (χ4n) is 2.60. The van der Waals surface area contributed by atoms with Crippen LogP contribution in [-0.2, 0) is 0 Å². The van der Waals surface area contributed by atoms with E-state index in [0.29, 0.717) is 11.8 Å². The van der Waals surface area contributed by atoms with Gasteiger partial charge in [0.1, 0.15) is 5.75 Å². The number of rotatable bonds is 3. The molecule has 1 fully saturated rings. The summed E-state index contributed by atoms with van der Waals surface area (Å²) in [5, 5.41) is 9.41.